The Bertz CT molecular complexity index is 450. The Hall–Kier alpha value is -1.07. The lowest BCUT2D eigenvalue weighted by atomic mass is 10.1. The highest BCUT2D eigenvalue weighted by Crippen LogP contribution is 2.29. The molecule has 0 aromatic heterocycles. The van der Waals surface area contributed by atoms with Crippen molar-refractivity contribution < 1.29 is 4.79 Å². The number of nitrogens with two attached hydrogens (primary N) is 1. The van der Waals surface area contributed by atoms with Crippen LogP contribution in [0.5, 0.6) is 0 Å². The minimum atomic E-state index is -0.192. The molecule has 5 heteroatoms. The molecule has 1 saturated heterocycles. The third-order valence-electron chi connectivity index (χ3n) is 3.35. The second-order valence-corrected chi connectivity index (χ2v) is 5.55. The number of primary amides is 1. The molecule has 1 atom stereocenters. The lowest BCUT2D eigenvalue weighted by molar-refractivity contribution is -0.121. The molecule has 1 heterocycles. The van der Waals surface area contributed by atoms with Gasteiger partial charge in [-0.15, -0.1) is 0 Å². The van der Waals surface area contributed by atoms with E-state index in [0.29, 0.717) is 0 Å². The van der Waals surface area contributed by atoms with E-state index in [1.165, 1.54) is 11.3 Å². The van der Waals surface area contributed by atoms with E-state index in [1.54, 1.807) is 0 Å². The SMILES string of the molecule is CNCc1ccc(Br)cc1N1CCC(C(N)=O)C1. The average Bonchev–Trinajstić information content (AvgIpc) is 2.81. The zero-order valence-corrected chi connectivity index (χ0v) is 12.0. The molecule has 18 heavy (non-hydrogen) atoms. The van der Waals surface area contributed by atoms with Crippen LogP contribution in [0.2, 0.25) is 0 Å². The van der Waals surface area contributed by atoms with Crippen LogP contribution in [0.3, 0.4) is 0 Å². The van der Waals surface area contributed by atoms with E-state index in [-0.39, 0.29) is 11.8 Å². The van der Waals surface area contributed by atoms with Gasteiger partial charge in [-0.2, -0.15) is 0 Å². The van der Waals surface area contributed by atoms with Gasteiger partial charge in [0.05, 0.1) is 5.92 Å². The number of hydrogen-bond donors (Lipinski definition) is 2. The largest absolute Gasteiger partial charge is 0.370 e. The third-order valence-corrected chi connectivity index (χ3v) is 3.84. The molecule has 98 valence electrons. The molecule has 2 rings (SSSR count). The van der Waals surface area contributed by atoms with Crippen molar-refractivity contribution in [2.24, 2.45) is 11.7 Å². The Morgan fingerprint density at radius 3 is 3.00 bits per heavy atom. The van der Waals surface area contributed by atoms with E-state index in [9.17, 15) is 4.79 Å². The summed E-state index contributed by atoms with van der Waals surface area (Å²) in [5.41, 5.74) is 7.80. The van der Waals surface area contributed by atoms with Gasteiger partial charge in [-0.1, -0.05) is 22.0 Å². The van der Waals surface area contributed by atoms with E-state index in [0.717, 1.165) is 30.5 Å². The molecule has 3 N–H and O–H groups in total. The van der Waals surface area contributed by atoms with Crippen LogP contribution in [0.25, 0.3) is 0 Å². The van der Waals surface area contributed by atoms with Gasteiger partial charge >= 0.3 is 0 Å². The first-order chi connectivity index (χ1) is 8.61. The van der Waals surface area contributed by atoms with Crippen molar-refractivity contribution in [3.05, 3.63) is 28.2 Å². The first-order valence-electron chi connectivity index (χ1n) is 6.09. The fraction of sp³-hybridized carbons (Fsp3) is 0.462. The Morgan fingerprint density at radius 2 is 2.39 bits per heavy atom. The average molecular weight is 312 g/mol. The number of nitrogens with zero attached hydrogens (tertiary/aromatic N) is 1. The van der Waals surface area contributed by atoms with E-state index in [4.69, 9.17) is 5.73 Å². The molecule has 1 amide bonds. The molecule has 0 spiro atoms. The maximum absolute atomic E-state index is 11.2. The first-order valence-corrected chi connectivity index (χ1v) is 6.88. The maximum Gasteiger partial charge on any atom is 0.222 e. The van der Waals surface area contributed by atoms with Gasteiger partial charge in [0, 0.05) is 29.8 Å². The van der Waals surface area contributed by atoms with Crippen molar-refractivity contribution in [2.45, 2.75) is 13.0 Å². The Balaban J connectivity index is 2.22. The van der Waals surface area contributed by atoms with Crippen molar-refractivity contribution in [1.29, 1.82) is 0 Å². The fourth-order valence-corrected chi connectivity index (χ4v) is 2.73. The second kappa shape index (κ2) is 5.71. The van der Waals surface area contributed by atoms with Crippen LogP contribution in [0.4, 0.5) is 5.69 Å². The number of hydrogen-bond acceptors (Lipinski definition) is 3. The first kappa shape index (κ1) is 13.4. The summed E-state index contributed by atoms with van der Waals surface area (Å²) < 4.78 is 1.06. The van der Waals surface area contributed by atoms with Crippen LogP contribution < -0.4 is 16.0 Å². The summed E-state index contributed by atoms with van der Waals surface area (Å²) in [6.45, 7) is 2.43. The van der Waals surface area contributed by atoms with Crippen LogP contribution in [0.1, 0.15) is 12.0 Å². The fourth-order valence-electron chi connectivity index (χ4n) is 2.38. The van der Waals surface area contributed by atoms with Gasteiger partial charge in [-0.3, -0.25) is 4.79 Å². The number of carbonyl (C=O) groups excluding carboxylic acids is 1. The lowest BCUT2D eigenvalue weighted by Gasteiger charge is -2.22. The molecule has 0 bridgehead atoms. The van der Waals surface area contributed by atoms with Gasteiger partial charge in [0.15, 0.2) is 0 Å². The summed E-state index contributed by atoms with van der Waals surface area (Å²) in [4.78, 5) is 13.5. The summed E-state index contributed by atoms with van der Waals surface area (Å²) in [6, 6.07) is 6.25. The quantitative estimate of drug-likeness (QED) is 0.885. The van der Waals surface area contributed by atoms with E-state index in [2.05, 4.69) is 38.3 Å². The van der Waals surface area contributed by atoms with Crippen molar-refractivity contribution in [2.75, 3.05) is 25.0 Å². The van der Waals surface area contributed by atoms with Crippen LogP contribution >= 0.6 is 15.9 Å². The predicted molar refractivity (Wildman–Crippen MR) is 76.4 cm³/mol. The van der Waals surface area contributed by atoms with Crippen LogP contribution in [0, 0.1) is 5.92 Å². The monoisotopic (exact) mass is 311 g/mol. The Kier molecular flexibility index (Phi) is 4.24. The topological polar surface area (TPSA) is 58.4 Å². The number of carbonyl (C=O) groups is 1. The molecule has 1 unspecified atom stereocenters. The molecule has 0 saturated carbocycles. The summed E-state index contributed by atoms with van der Waals surface area (Å²) in [5, 5.41) is 3.17. The summed E-state index contributed by atoms with van der Waals surface area (Å²) in [6.07, 6.45) is 0.848. The predicted octanol–water partition coefficient (Wildman–Crippen LogP) is 1.48. The standard InChI is InChI=1S/C13H18BrN3O/c1-16-7-9-2-3-11(14)6-12(9)17-5-4-10(8-17)13(15)18/h2-3,6,10,16H,4-5,7-8H2,1H3,(H2,15,18). The highest BCUT2D eigenvalue weighted by molar-refractivity contribution is 9.10. The van der Waals surface area contributed by atoms with Crippen molar-refractivity contribution in [1.82, 2.24) is 5.32 Å². The van der Waals surface area contributed by atoms with Gasteiger partial charge in [-0.05, 0) is 31.2 Å². The van der Waals surface area contributed by atoms with Gasteiger partial charge in [0.2, 0.25) is 5.91 Å². The molecule has 1 aromatic carbocycles. The highest BCUT2D eigenvalue weighted by Gasteiger charge is 2.27. The lowest BCUT2D eigenvalue weighted by Crippen LogP contribution is -2.28. The van der Waals surface area contributed by atoms with Crippen molar-refractivity contribution in [3.8, 4) is 0 Å². The minimum Gasteiger partial charge on any atom is -0.370 e. The number of halogens is 1. The zero-order chi connectivity index (χ0) is 13.1. The molecule has 1 aromatic rings. The molecule has 1 aliphatic rings. The van der Waals surface area contributed by atoms with Gasteiger partial charge in [-0.25, -0.2) is 0 Å². The van der Waals surface area contributed by atoms with Crippen LogP contribution in [0.15, 0.2) is 22.7 Å². The molecule has 0 radical (unpaired) electrons. The number of rotatable bonds is 4. The van der Waals surface area contributed by atoms with Gasteiger partial charge in [0.25, 0.3) is 0 Å². The molecular formula is C13H18BrN3O. The molecule has 4 nitrogen and oxygen atoms in total. The summed E-state index contributed by atoms with van der Waals surface area (Å²) in [7, 11) is 1.93. The summed E-state index contributed by atoms with van der Waals surface area (Å²) >= 11 is 3.50. The molecule has 1 fully saturated rings. The number of benzene rings is 1. The molecule has 1 aliphatic heterocycles. The molecule has 0 aliphatic carbocycles. The Labute approximate surface area is 116 Å². The van der Waals surface area contributed by atoms with E-state index >= 15 is 0 Å². The van der Waals surface area contributed by atoms with Gasteiger partial charge in [0.1, 0.15) is 0 Å². The smallest absolute Gasteiger partial charge is 0.222 e. The van der Waals surface area contributed by atoms with E-state index < -0.39 is 0 Å². The zero-order valence-electron chi connectivity index (χ0n) is 10.4. The highest BCUT2D eigenvalue weighted by atomic mass is 79.9. The number of amides is 1. The third kappa shape index (κ3) is 2.84. The normalized spacial score (nSPS) is 19.2. The second-order valence-electron chi connectivity index (χ2n) is 4.64. The maximum atomic E-state index is 11.2. The van der Waals surface area contributed by atoms with Gasteiger partial charge < -0.3 is 16.0 Å². The minimum absolute atomic E-state index is 0.0218. The Morgan fingerprint density at radius 1 is 1.61 bits per heavy atom. The van der Waals surface area contributed by atoms with Crippen molar-refractivity contribution in [3.63, 3.8) is 0 Å². The van der Waals surface area contributed by atoms with Crippen LogP contribution in [-0.2, 0) is 11.3 Å². The van der Waals surface area contributed by atoms with Crippen molar-refractivity contribution >= 4 is 27.5 Å². The molecular weight excluding hydrogens is 294 g/mol. The van der Waals surface area contributed by atoms with Crippen LogP contribution in [-0.4, -0.2) is 26.0 Å². The number of nitrogens with one attached hydrogen (secondary N) is 1. The summed E-state index contributed by atoms with van der Waals surface area (Å²) in [5.74, 6) is -0.214. The van der Waals surface area contributed by atoms with E-state index in [1.807, 2.05) is 13.1 Å². The number of anilines is 1.